The zero-order valence-electron chi connectivity index (χ0n) is 11.2. The van der Waals surface area contributed by atoms with Crippen molar-refractivity contribution in [2.24, 2.45) is 5.92 Å². The van der Waals surface area contributed by atoms with Gasteiger partial charge in [-0.05, 0) is 6.07 Å². The molecule has 1 unspecified atom stereocenters. The van der Waals surface area contributed by atoms with Crippen LogP contribution in [0, 0.1) is 5.92 Å². The Hall–Kier alpha value is -1.05. The summed E-state index contributed by atoms with van der Waals surface area (Å²) >= 11 is 0. The highest BCUT2D eigenvalue weighted by Crippen LogP contribution is 2.33. The first-order valence-corrected chi connectivity index (χ1v) is 6.76. The maximum Gasteiger partial charge on any atom is 0.280 e. The molecule has 3 saturated heterocycles. The Balaban J connectivity index is 0.00000147. The molecule has 6 nitrogen and oxygen atoms in total. The molecule has 1 atom stereocenters. The minimum Gasteiger partial charge on any atom is -1.00 e. The summed E-state index contributed by atoms with van der Waals surface area (Å²) in [5.41, 5.74) is 0. The van der Waals surface area contributed by atoms with Crippen molar-refractivity contribution in [3.05, 3.63) is 18.6 Å². The molecule has 0 saturated carbocycles. The van der Waals surface area contributed by atoms with Crippen LogP contribution in [0.1, 0.15) is 12.8 Å². The number of hydrogen-bond acceptors (Lipinski definition) is 4. The van der Waals surface area contributed by atoms with Gasteiger partial charge in [-0.3, -0.25) is 4.79 Å². The van der Waals surface area contributed by atoms with Gasteiger partial charge in [-0.1, -0.05) is 0 Å². The molecule has 110 valence electrons. The van der Waals surface area contributed by atoms with Crippen LogP contribution in [-0.2, 0) is 4.79 Å². The zero-order valence-corrected chi connectivity index (χ0v) is 12.8. The van der Waals surface area contributed by atoms with Gasteiger partial charge < -0.3 is 31.9 Å². The third-order valence-corrected chi connectivity index (χ3v) is 4.40. The number of nitrogens with zero attached hydrogens (tertiary/aromatic N) is 3. The molecule has 0 radical (unpaired) electrons. The summed E-state index contributed by atoms with van der Waals surface area (Å²) in [5.74, 6) is 0.946. The van der Waals surface area contributed by atoms with Crippen molar-refractivity contribution in [1.29, 1.82) is 0 Å². The normalized spacial score (nSPS) is 31.4. The van der Waals surface area contributed by atoms with E-state index in [9.17, 15) is 9.90 Å². The first-order chi connectivity index (χ1) is 9.17. The Labute approximate surface area is 128 Å². The molecular weight excluding hydrogens is 324 g/mol. The van der Waals surface area contributed by atoms with Gasteiger partial charge in [0.15, 0.2) is 6.54 Å². The lowest BCUT2D eigenvalue weighted by atomic mass is 9.83. The second kappa shape index (κ2) is 6.15. The van der Waals surface area contributed by atoms with E-state index in [-0.39, 0.29) is 29.0 Å². The monoisotopic (exact) mass is 342 g/mol. The third kappa shape index (κ3) is 3.16. The summed E-state index contributed by atoms with van der Waals surface area (Å²) in [6, 6.07) is 1.68. The number of fused-ring (bicyclic) bond motifs is 3. The zero-order chi connectivity index (χ0) is 13.3. The van der Waals surface area contributed by atoms with Gasteiger partial charge in [0.25, 0.3) is 5.91 Å². The Bertz CT molecular complexity index is 463. The number of anilines is 1. The van der Waals surface area contributed by atoms with E-state index in [0.29, 0.717) is 29.3 Å². The molecule has 2 bridgehead atoms. The maximum absolute atomic E-state index is 12.1. The van der Waals surface area contributed by atoms with E-state index in [4.69, 9.17) is 0 Å². The van der Waals surface area contributed by atoms with Crippen LogP contribution in [0.25, 0.3) is 0 Å². The minimum absolute atomic E-state index is 0. The van der Waals surface area contributed by atoms with Crippen LogP contribution in [0.4, 0.5) is 5.82 Å². The summed E-state index contributed by atoms with van der Waals surface area (Å²) in [7, 11) is 0. The molecule has 1 aromatic rings. The summed E-state index contributed by atoms with van der Waals surface area (Å²) < 4.78 is 0.717. The fourth-order valence-electron chi connectivity index (χ4n) is 3.32. The van der Waals surface area contributed by atoms with Crippen molar-refractivity contribution in [3.63, 3.8) is 0 Å². The van der Waals surface area contributed by atoms with E-state index in [0.717, 1.165) is 25.9 Å². The van der Waals surface area contributed by atoms with Crippen molar-refractivity contribution < 1.29 is 31.4 Å². The van der Waals surface area contributed by atoms with Gasteiger partial charge in [0.2, 0.25) is 0 Å². The number of carbonyl (C=O) groups is 1. The summed E-state index contributed by atoms with van der Waals surface area (Å²) in [6.07, 6.45) is 4.84. The fraction of sp³-hybridized carbons (Fsp3) is 0.615. The van der Waals surface area contributed by atoms with Crippen LogP contribution in [0.2, 0.25) is 0 Å². The average molecular weight is 343 g/mol. The number of hydrogen-bond donors (Lipinski definition) is 2. The van der Waals surface area contributed by atoms with E-state index in [1.165, 1.54) is 6.33 Å². The average Bonchev–Trinajstić information content (AvgIpc) is 2.40. The van der Waals surface area contributed by atoms with Crippen LogP contribution in [0.15, 0.2) is 18.6 Å². The van der Waals surface area contributed by atoms with Gasteiger partial charge in [0.1, 0.15) is 24.8 Å². The number of amides is 1. The molecular formula is C13H19BrN4O2. The first-order valence-electron chi connectivity index (χ1n) is 6.76. The molecule has 4 rings (SSSR count). The predicted octanol–water partition coefficient (Wildman–Crippen LogP) is -2.98. The summed E-state index contributed by atoms with van der Waals surface area (Å²) in [6.45, 7) is 3.13. The Morgan fingerprint density at radius 3 is 2.80 bits per heavy atom. The number of rotatable bonds is 3. The van der Waals surface area contributed by atoms with E-state index in [1.54, 1.807) is 12.3 Å². The Morgan fingerprint density at radius 1 is 1.45 bits per heavy atom. The minimum atomic E-state index is -0.241. The van der Waals surface area contributed by atoms with E-state index >= 15 is 0 Å². The molecule has 0 aliphatic carbocycles. The highest BCUT2D eigenvalue weighted by Gasteiger charge is 2.46. The lowest BCUT2D eigenvalue weighted by molar-refractivity contribution is -0.939. The molecule has 3 fully saturated rings. The molecule has 0 aromatic carbocycles. The lowest BCUT2D eigenvalue weighted by Crippen LogP contribution is -3.00. The van der Waals surface area contributed by atoms with E-state index in [2.05, 4.69) is 15.3 Å². The van der Waals surface area contributed by atoms with Crippen LogP contribution in [-0.4, -0.2) is 57.7 Å². The molecule has 7 heteroatoms. The number of carbonyl (C=O) groups excluding carboxylic acids is 1. The topological polar surface area (TPSA) is 75.1 Å². The first kappa shape index (κ1) is 15.3. The van der Waals surface area contributed by atoms with E-state index in [1.807, 2.05) is 0 Å². The summed E-state index contributed by atoms with van der Waals surface area (Å²) in [4.78, 5) is 19.9. The largest absolute Gasteiger partial charge is 1.00 e. The Kier molecular flexibility index (Phi) is 4.72. The highest BCUT2D eigenvalue weighted by atomic mass is 79.9. The maximum atomic E-state index is 12.1. The van der Waals surface area contributed by atoms with Gasteiger partial charge in [0, 0.05) is 25.0 Å². The number of quaternary nitrogens is 1. The van der Waals surface area contributed by atoms with Crippen LogP contribution >= 0.6 is 0 Å². The van der Waals surface area contributed by atoms with Gasteiger partial charge in [0.05, 0.1) is 13.1 Å². The Morgan fingerprint density at radius 2 is 2.20 bits per heavy atom. The summed E-state index contributed by atoms with van der Waals surface area (Å²) in [5, 5.41) is 12.8. The number of aromatic nitrogens is 2. The molecule has 3 aliphatic rings. The fourth-order valence-corrected chi connectivity index (χ4v) is 3.32. The predicted molar refractivity (Wildman–Crippen MR) is 69.1 cm³/mol. The van der Waals surface area contributed by atoms with Crippen molar-refractivity contribution in [2.75, 3.05) is 31.5 Å². The quantitative estimate of drug-likeness (QED) is 0.575. The van der Waals surface area contributed by atoms with Crippen LogP contribution < -0.4 is 22.3 Å². The number of nitrogens with one attached hydrogen (secondary N) is 1. The van der Waals surface area contributed by atoms with Crippen molar-refractivity contribution in [1.82, 2.24) is 9.97 Å². The second-order valence-corrected chi connectivity index (χ2v) is 5.68. The molecule has 4 heterocycles. The molecule has 2 N–H and O–H groups in total. The molecule has 1 aromatic heterocycles. The smallest absolute Gasteiger partial charge is 0.280 e. The van der Waals surface area contributed by atoms with Gasteiger partial charge >= 0.3 is 0 Å². The highest BCUT2D eigenvalue weighted by molar-refractivity contribution is 5.90. The van der Waals surface area contributed by atoms with Crippen LogP contribution in [0.5, 0.6) is 0 Å². The number of piperidine rings is 3. The second-order valence-electron chi connectivity index (χ2n) is 5.68. The number of halogens is 1. The molecule has 0 spiro atoms. The number of aliphatic hydroxyl groups is 1. The molecule has 20 heavy (non-hydrogen) atoms. The third-order valence-electron chi connectivity index (χ3n) is 4.40. The van der Waals surface area contributed by atoms with Gasteiger partial charge in [-0.25, -0.2) is 9.97 Å². The number of aliphatic hydroxyl groups excluding tert-OH is 1. The lowest BCUT2D eigenvalue weighted by Gasteiger charge is -2.50. The standard InChI is InChI=1S/C13H18N4O2.BrH/c18-11-7-17(5-2-10(11)3-6-17)8-13(19)16-12-1-4-14-9-15-12;/h1,4,9-11,18H,2-3,5-8H2;1H. The van der Waals surface area contributed by atoms with Crippen LogP contribution in [0.3, 0.4) is 0 Å². The SMILES string of the molecule is O=C(C[N+]12CCC(CC1)C(O)C2)Nc1ccncn1.[Br-]. The van der Waals surface area contributed by atoms with Crippen molar-refractivity contribution >= 4 is 11.7 Å². The van der Waals surface area contributed by atoms with Crippen molar-refractivity contribution in [3.8, 4) is 0 Å². The van der Waals surface area contributed by atoms with Crippen molar-refractivity contribution in [2.45, 2.75) is 18.9 Å². The van der Waals surface area contributed by atoms with Gasteiger partial charge in [-0.15, -0.1) is 0 Å². The van der Waals surface area contributed by atoms with E-state index < -0.39 is 0 Å². The molecule has 1 amide bonds. The van der Waals surface area contributed by atoms with Gasteiger partial charge in [-0.2, -0.15) is 0 Å². The molecule has 3 aliphatic heterocycles.